The first-order valence-corrected chi connectivity index (χ1v) is 6.96. The Hall–Kier alpha value is -2.56. The van der Waals surface area contributed by atoms with Crippen LogP contribution in [0.4, 0.5) is 11.4 Å². The van der Waals surface area contributed by atoms with Gasteiger partial charge in [-0.05, 0) is 43.7 Å². The number of nitrogens with one attached hydrogen (secondary N) is 2. The van der Waals surface area contributed by atoms with E-state index in [0.717, 1.165) is 11.3 Å². The van der Waals surface area contributed by atoms with E-state index in [9.17, 15) is 4.79 Å². The fourth-order valence-corrected chi connectivity index (χ4v) is 2.03. The highest BCUT2D eigenvalue weighted by molar-refractivity contribution is 5.96. The lowest BCUT2D eigenvalue weighted by Crippen LogP contribution is -2.22. The molecule has 0 fully saturated rings. The number of aromatic nitrogens is 1. The summed E-state index contributed by atoms with van der Waals surface area (Å²) in [6, 6.07) is 9.16. The molecule has 0 aliphatic carbocycles. The molecule has 21 heavy (non-hydrogen) atoms. The van der Waals surface area contributed by atoms with Gasteiger partial charge in [-0.1, -0.05) is 6.07 Å². The van der Waals surface area contributed by atoms with Crippen LogP contribution in [0.3, 0.4) is 0 Å². The topological polar surface area (TPSA) is 80.0 Å². The van der Waals surface area contributed by atoms with Crippen molar-refractivity contribution in [2.45, 2.75) is 19.9 Å². The van der Waals surface area contributed by atoms with Crippen molar-refractivity contribution >= 4 is 17.3 Å². The molecule has 0 bridgehead atoms. The molecule has 4 N–H and O–H groups in total. The number of nitrogen functional groups attached to an aromatic ring is 1. The van der Waals surface area contributed by atoms with Crippen molar-refractivity contribution in [1.82, 2.24) is 10.3 Å². The summed E-state index contributed by atoms with van der Waals surface area (Å²) in [4.78, 5) is 16.0. The van der Waals surface area contributed by atoms with Crippen molar-refractivity contribution in [2.24, 2.45) is 0 Å². The first-order valence-electron chi connectivity index (χ1n) is 6.96. The van der Waals surface area contributed by atoms with Crippen molar-refractivity contribution in [3.8, 4) is 0 Å². The SMILES string of the molecule is CCNC(=O)c1ccc(N)c(NC(C)c2cccnc2)c1. The first-order chi connectivity index (χ1) is 10.1. The van der Waals surface area contributed by atoms with Gasteiger partial charge in [0.1, 0.15) is 0 Å². The molecule has 0 saturated heterocycles. The Labute approximate surface area is 124 Å². The van der Waals surface area contributed by atoms with Crippen LogP contribution in [0.25, 0.3) is 0 Å². The molecular formula is C16H20N4O. The van der Waals surface area contributed by atoms with Crippen LogP contribution < -0.4 is 16.4 Å². The van der Waals surface area contributed by atoms with Crippen molar-refractivity contribution in [3.05, 3.63) is 53.9 Å². The zero-order chi connectivity index (χ0) is 15.2. The molecule has 1 amide bonds. The molecule has 110 valence electrons. The second kappa shape index (κ2) is 6.74. The lowest BCUT2D eigenvalue weighted by Gasteiger charge is -2.17. The van der Waals surface area contributed by atoms with Gasteiger partial charge in [0.15, 0.2) is 0 Å². The molecule has 5 nitrogen and oxygen atoms in total. The molecule has 2 aromatic rings. The number of hydrogen-bond acceptors (Lipinski definition) is 4. The lowest BCUT2D eigenvalue weighted by atomic mass is 10.1. The Balaban J connectivity index is 2.19. The largest absolute Gasteiger partial charge is 0.397 e. The van der Waals surface area contributed by atoms with Crippen LogP contribution in [0.2, 0.25) is 0 Å². The third-order valence-corrected chi connectivity index (χ3v) is 3.21. The van der Waals surface area contributed by atoms with Gasteiger partial charge in [0.05, 0.1) is 17.4 Å². The number of rotatable bonds is 5. The average Bonchev–Trinajstić information content (AvgIpc) is 2.50. The zero-order valence-electron chi connectivity index (χ0n) is 12.3. The molecule has 0 saturated carbocycles. The molecule has 1 aromatic heterocycles. The Bertz CT molecular complexity index is 613. The maximum atomic E-state index is 11.9. The van der Waals surface area contributed by atoms with E-state index in [1.807, 2.05) is 32.2 Å². The normalized spacial score (nSPS) is 11.7. The number of pyridine rings is 1. The summed E-state index contributed by atoms with van der Waals surface area (Å²) in [7, 11) is 0. The summed E-state index contributed by atoms with van der Waals surface area (Å²) in [5.41, 5.74) is 8.98. The van der Waals surface area contributed by atoms with Crippen LogP contribution in [-0.4, -0.2) is 17.4 Å². The fraction of sp³-hybridized carbons (Fsp3) is 0.250. The Morgan fingerprint density at radius 1 is 1.38 bits per heavy atom. The highest BCUT2D eigenvalue weighted by atomic mass is 16.1. The van der Waals surface area contributed by atoms with Crippen LogP contribution >= 0.6 is 0 Å². The minimum Gasteiger partial charge on any atom is -0.397 e. The van der Waals surface area contributed by atoms with E-state index >= 15 is 0 Å². The number of hydrogen-bond donors (Lipinski definition) is 3. The van der Waals surface area contributed by atoms with Gasteiger partial charge in [-0.2, -0.15) is 0 Å². The van der Waals surface area contributed by atoms with E-state index in [1.54, 1.807) is 24.4 Å². The van der Waals surface area contributed by atoms with Crippen LogP contribution in [0.15, 0.2) is 42.7 Å². The predicted octanol–water partition coefficient (Wildman–Crippen LogP) is 2.59. The minimum atomic E-state index is -0.102. The third kappa shape index (κ3) is 3.72. The Kier molecular flexibility index (Phi) is 4.77. The number of benzene rings is 1. The molecule has 0 radical (unpaired) electrons. The predicted molar refractivity (Wildman–Crippen MR) is 85.1 cm³/mol. The molecular weight excluding hydrogens is 264 g/mol. The smallest absolute Gasteiger partial charge is 0.251 e. The molecule has 2 rings (SSSR count). The number of nitrogens with zero attached hydrogens (tertiary/aromatic N) is 1. The standard InChI is InChI=1S/C16H20N4O/c1-3-19-16(21)12-6-7-14(17)15(9-12)20-11(2)13-5-4-8-18-10-13/h4-11,20H,3,17H2,1-2H3,(H,19,21). The summed E-state index contributed by atoms with van der Waals surface area (Å²) in [6.45, 7) is 4.51. The summed E-state index contributed by atoms with van der Waals surface area (Å²) in [5.74, 6) is -0.102. The summed E-state index contributed by atoms with van der Waals surface area (Å²) in [6.07, 6.45) is 3.54. The fourth-order valence-electron chi connectivity index (χ4n) is 2.03. The number of anilines is 2. The maximum absolute atomic E-state index is 11.9. The van der Waals surface area contributed by atoms with Crippen molar-refractivity contribution in [2.75, 3.05) is 17.6 Å². The average molecular weight is 284 g/mol. The van der Waals surface area contributed by atoms with Gasteiger partial charge in [0, 0.05) is 24.5 Å². The zero-order valence-corrected chi connectivity index (χ0v) is 12.3. The van der Waals surface area contributed by atoms with Gasteiger partial charge in [-0.15, -0.1) is 0 Å². The molecule has 1 aromatic carbocycles. The summed E-state index contributed by atoms with van der Waals surface area (Å²) < 4.78 is 0. The molecule has 1 heterocycles. The highest BCUT2D eigenvalue weighted by Crippen LogP contribution is 2.25. The van der Waals surface area contributed by atoms with Gasteiger partial charge < -0.3 is 16.4 Å². The number of carbonyl (C=O) groups is 1. The van der Waals surface area contributed by atoms with Gasteiger partial charge in [0.25, 0.3) is 5.91 Å². The Morgan fingerprint density at radius 3 is 2.86 bits per heavy atom. The van der Waals surface area contributed by atoms with Gasteiger partial charge >= 0.3 is 0 Å². The van der Waals surface area contributed by atoms with E-state index in [1.165, 1.54) is 0 Å². The second-order valence-electron chi connectivity index (χ2n) is 4.81. The van der Waals surface area contributed by atoms with E-state index in [0.29, 0.717) is 17.8 Å². The van der Waals surface area contributed by atoms with E-state index in [2.05, 4.69) is 15.6 Å². The van der Waals surface area contributed by atoms with Gasteiger partial charge in [-0.25, -0.2) is 0 Å². The second-order valence-corrected chi connectivity index (χ2v) is 4.81. The van der Waals surface area contributed by atoms with Gasteiger partial charge in [-0.3, -0.25) is 9.78 Å². The molecule has 0 aliphatic rings. The first kappa shape index (κ1) is 14.8. The van der Waals surface area contributed by atoms with E-state index in [4.69, 9.17) is 5.73 Å². The molecule has 0 spiro atoms. The van der Waals surface area contributed by atoms with Crippen LogP contribution in [0, 0.1) is 0 Å². The molecule has 1 atom stereocenters. The lowest BCUT2D eigenvalue weighted by molar-refractivity contribution is 0.0956. The van der Waals surface area contributed by atoms with Crippen molar-refractivity contribution in [1.29, 1.82) is 0 Å². The van der Waals surface area contributed by atoms with E-state index in [-0.39, 0.29) is 11.9 Å². The number of nitrogens with two attached hydrogens (primary N) is 1. The quantitative estimate of drug-likeness (QED) is 0.737. The van der Waals surface area contributed by atoms with Crippen molar-refractivity contribution in [3.63, 3.8) is 0 Å². The van der Waals surface area contributed by atoms with Crippen molar-refractivity contribution < 1.29 is 4.79 Å². The number of amides is 1. The van der Waals surface area contributed by atoms with E-state index < -0.39 is 0 Å². The monoisotopic (exact) mass is 284 g/mol. The summed E-state index contributed by atoms with van der Waals surface area (Å²) >= 11 is 0. The highest BCUT2D eigenvalue weighted by Gasteiger charge is 2.11. The molecule has 0 aliphatic heterocycles. The van der Waals surface area contributed by atoms with Crippen LogP contribution in [-0.2, 0) is 0 Å². The van der Waals surface area contributed by atoms with Crippen LogP contribution in [0.1, 0.15) is 35.8 Å². The minimum absolute atomic E-state index is 0.0467. The summed E-state index contributed by atoms with van der Waals surface area (Å²) in [5, 5.41) is 6.09. The van der Waals surface area contributed by atoms with Gasteiger partial charge in [0.2, 0.25) is 0 Å². The Morgan fingerprint density at radius 2 is 2.19 bits per heavy atom. The molecule has 5 heteroatoms. The number of carbonyl (C=O) groups excluding carboxylic acids is 1. The maximum Gasteiger partial charge on any atom is 0.251 e. The third-order valence-electron chi connectivity index (χ3n) is 3.21. The molecule has 1 unspecified atom stereocenters. The van der Waals surface area contributed by atoms with Crippen LogP contribution in [0.5, 0.6) is 0 Å².